The van der Waals surface area contributed by atoms with Gasteiger partial charge in [0, 0.05) is 28.6 Å². The van der Waals surface area contributed by atoms with Crippen LogP contribution in [0.5, 0.6) is 0 Å². The number of carbonyl (C=O) groups is 4. The lowest BCUT2D eigenvalue weighted by Crippen LogP contribution is -2.73. The van der Waals surface area contributed by atoms with Crippen molar-refractivity contribution in [3.8, 4) is 0 Å². The topological polar surface area (TPSA) is 116 Å². The fourth-order valence-electron chi connectivity index (χ4n) is 8.78. The van der Waals surface area contributed by atoms with Crippen LogP contribution in [0.3, 0.4) is 0 Å². The Kier molecular flexibility index (Phi) is 5.11. The molecule has 0 aromatic rings. The number of ether oxygens (including phenoxy) is 3. The molecule has 10 atom stereocenters. The smallest absolute Gasteiger partial charge is 0.306 e. The second-order valence-electron chi connectivity index (χ2n) is 11.8. The largest absolute Gasteiger partial charge is 0.493 e. The summed E-state index contributed by atoms with van der Waals surface area (Å²) in [4.78, 5) is 52.2. The number of allylic oxidation sites excluding steroid dienone is 2. The average Bonchev–Trinajstić information content (AvgIpc) is 3.20. The van der Waals surface area contributed by atoms with E-state index in [-0.39, 0.29) is 55.2 Å². The van der Waals surface area contributed by atoms with Crippen molar-refractivity contribution in [3.05, 3.63) is 11.8 Å². The van der Waals surface area contributed by atoms with Gasteiger partial charge in [0.15, 0.2) is 5.76 Å². The molecule has 3 aliphatic carbocycles. The Bertz CT molecular complexity index is 1000. The SMILES string of the molecule is COC1=C[C@@H](C)[C@@H]2C[C@H]3OC(=O)C[C@@H]4[C@@]3(C)C([C@H](O)C[C@@]4(C)C(=O)[C@H]3COC(=O)C3)[C@@]2(C)C1=O. The van der Waals surface area contributed by atoms with Crippen LogP contribution < -0.4 is 0 Å². The number of Topliss-reactive ketones (excluding diaryl/α,β-unsaturated/α-hetero) is 2. The van der Waals surface area contributed by atoms with Crippen molar-refractivity contribution < 1.29 is 38.5 Å². The Morgan fingerprint density at radius 3 is 2.47 bits per heavy atom. The molecule has 0 amide bonds. The summed E-state index contributed by atoms with van der Waals surface area (Å²) in [6, 6.07) is 0. The van der Waals surface area contributed by atoms with Gasteiger partial charge in [0.05, 0.1) is 25.6 Å². The number of cyclic esters (lactones) is 1. The molecular weight excluding hydrogens is 440 g/mol. The van der Waals surface area contributed by atoms with Gasteiger partial charge in [-0.25, -0.2) is 0 Å². The van der Waals surface area contributed by atoms with Crippen molar-refractivity contribution in [2.24, 2.45) is 45.8 Å². The minimum absolute atomic E-state index is 0.00919. The zero-order chi connectivity index (χ0) is 24.8. The highest BCUT2D eigenvalue weighted by molar-refractivity contribution is 6.00. The molecule has 4 fully saturated rings. The number of methoxy groups -OCH3 is 1. The van der Waals surface area contributed by atoms with Crippen LogP contribution in [-0.4, -0.2) is 54.5 Å². The molecular formula is C26H34O8. The summed E-state index contributed by atoms with van der Waals surface area (Å²) in [5.41, 5.74) is -2.77. The minimum atomic E-state index is -1.05. The molecule has 5 rings (SSSR count). The average molecular weight is 475 g/mol. The fourth-order valence-corrected chi connectivity index (χ4v) is 8.78. The maximum Gasteiger partial charge on any atom is 0.306 e. The maximum absolute atomic E-state index is 13.8. The third kappa shape index (κ3) is 2.80. The molecule has 0 aromatic carbocycles. The molecule has 0 aromatic heterocycles. The summed E-state index contributed by atoms with van der Waals surface area (Å²) in [5.74, 6) is -2.43. The summed E-state index contributed by atoms with van der Waals surface area (Å²) in [7, 11) is 1.48. The van der Waals surface area contributed by atoms with E-state index in [2.05, 4.69) is 0 Å². The van der Waals surface area contributed by atoms with Crippen molar-refractivity contribution in [3.63, 3.8) is 0 Å². The van der Waals surface area contributed by atoms with Gasteiger partial charge in [-0.2, -0.15) is 0 Å². The minimum Gasteiger partial charge on any atom is -0.493 e. The van der Waals surface area contributed by atoms with Crippen molar-refractivity contribution in [2.75, 3.05) is 13.7 Å². The van der Waals surface area contributed by atoms with Gasteiger partial charge in [-0.1, -0.05) is 27.7 Å². The third-order valence-corrected chi connectivity index (χ3v) is 10.2. The summed E-state index contributed by atoms with van der Waals surface area (Å²) in [5, 5.41) is 11.7. The van der Waals surface area contributed by atoms with E-state index in [0.717, 1.165) is 0 Å². The monoisotopic (exact) mass is 474 g/mol. The Morgan fingerprint density at radius 2 is 1.85 bits per heavy atom. The lowest BCUT2D eigenvalue weighted by Gasteiger charge is -2.69. The predicted molar refractivity (Wildman–Crippen MR) is 118 cm³/mol. The number of rotatable bonds is 3. The highest BCUT2D eigenvalue weighted by Gasteiger charge is 2.74. The molecule has 186 valence electrons. The van der Waals surface area contributed by atoms with Crippen LogP contribution in [0.15, 0.2) is 11.8 Å². The van der Waals surface area contributed by atoms with Crippen molar-refractivity contribution >= 4 is 23.5 Å². The van der Waals surface area contributed by atoms with Gasteiger partial charge < -0.3 is 19.3 Å². The first-order chi connectivity index (χ1) is 15.9. The van der Waals surface area contributed by atoms with E-state index in [9.17, 15) is 24.3 Å². The molecule has 0 spiro atoms. The van der Waals surface area contributed by atoms with E-state index in [1.54, 1.807) is 0 Å². The van der Waals surface area contributed by atoms with E-state index in [0.29, 0.717) is 12.2 Å². The Balaban J connectivity index is 1.64. The number of esters is 2. The van der Waals surface area contributed by atoms with Gasteiger partial charge in [0.25, 0.3) is 0 Å². The summed E-state index contributed by atoms with van der Waals surface area (Å²) in [6.07, 6.45) is 1.01. The first-order valence-electron chi connectivity index (χ1n) is 12.3. The zero-order valence-electron chi connectivity index (χ0n) is 20.5. The highest BCUT2D eigenvalue weighted by atomic mass is 16.5. The number of carbonyl (C=O) groups excluding carboxylic acids is 4. The number of hydrogen-bond donors (Lipinski definition) is 1. The molecule has 8 nitrogen and oxygen atoms in total. The number of ketones is 2. The number of aliphatic hydroxyl groups is 1. The quantitative estimate of drug-likeness (QED) is 0.619. The van der Waals surface area contributed by atoms with Crippen LogP contribution in [0, 0.1) is 45.8 Å². The van der Waals surface area contributed by atoms with Gasteiger partial charge in [0.1, 0.15) is 18.5 Å². The van der Waals surface area contributed by atoms with Crippen LogP contribution >= 0.6 is 0 Å². The van der Waals surface area contributed by atoms with Crippen LogP contribution in [0.2, 0.25) is 0 Å². The van der Waals surface area contributed by atoms with Gasteiger partial charge in [-0.05, 0) is 36.7 Å². The molecule has 0 radical (unpaired) electrons. The zero-order valence-corrected chi connectivity index (χ0v) is 20.5. The molecule has 2 saturated carbocycles. The second-order valence-corrected chi connectivity index (χ2v) is 11.8. The van der Waals surface area contributed by atoms with Gasteiger partial charge >= 0.3 is 11.9 Å². The Labute approximate surface area is 199 Å². The molecule has 0 bridgehead atoms. The number of hydrogen-bond acceptors (Lipinski definition) is 8. The van der Waals surface area contributed by atoms with Crippen LogP contribution in [0.1, 0.15) is 53.4 Å². The van der Waals surface area contributed by atoms with E-state index in [1.807, 2.05) is 33.8 Å². The molecule has 2 heterocycles. The van der Waals surface area contributed by atoms with Crippen LogP contribution in [-0.2, 0) is 33.4 Å². The highest BCUT2D eigenvalue weighted by Crippen LogP contribution is 2.70. The van der Waals surface area contributed by atoms with Gasteiger partial charge in [-0.3, -0.25) is 19.2 Å². The molecule has 1 N–H and O–H groups in total. The Morgan fingerprint density at radius 1 is 1.15 bits per heavy atom. The van der Waals surface area contributed by atoms with Crippen molar-refractivity contribution in [1.29, 1.82) is 0 Å². The van der Waals surface area contributed by atoms with Crippen LogP contribution in [0.25, 0.3) is 0 Å². The second kappa shape index (κ2) is 7.39. The lowest BCUT2D eigenvalue weighted by molar-refractivity contribution is -0.268. The fraction of sp³-hybridized carbons (Fsp3) is 0.769. The van der Waals surface area contributed by atoms with E-state index < -0.39 is 52.2 Å². The molecule has 5 aliphatic rings. The first kappa shape index (κ1) is 23.5. The van der Waals surface area contributed by atoms with Crippen LogP contribution in [0.4, 0.5) is 0 Å². The lowest BCUT2D eigenvalue weighted by atomic mass is 9.36. The predicted octanol–water partition coefficient (Wildman–Crippen LogP) is 2.22. The number of fused-ring (bicyclic) bond motifs is 2. The third-order valence-electron chi connectivity index (χ3n) is 10.2. The van der Waals surface area contributed by atoms with E-state index in [1.165, 1.54) is 7.11 Å². The maximum atomic E-state index is 13.8. The van der Waals surface area contributed by atoms with E-state index in [4.69, 9.17) is 14.2 Å². The van der Waals surface area contributed by atoms with E-state index >= 15 is 0 Å². The normalized spacial score (nSPS) is 49.9. The molecule has 2 aliphatic heterocycles. The molecule has 34 heavy (non-hydrogen) atoms. The summed E-state index contributed by atoms with van der Waals surface area (Å²) in [6.45, 7) is 7.76. The van der Waals surface area contributed by atoms with Gasteiger partial charge in [0.2, 0.25) is 5.78 Å². The number of aliphatic hydroxyl groups excluding tert-OH is 1. The van der Waals surface area contributed by atoms with Gasteiger partial charge in [-0.15, -0.1) is 0 Å². The first-order valence-corrected chi connectivity index (χ1v) is 12.3. The molecule has 2 saturated heterocycles. The Hall–Kier alpha value is -2.22. The molecule has 1 unspecified atom stereocenters. The van der Waals surface area contributed by atoms with Crippen molar-refractivity contribution in [1.82, 2.24) is 0 Å². The van der Waals surface area contributed by atoms with Crippen molar-refractivity contribution in [2.45, 2.75) is 65.6 Å². The summed E-state index contributed by atoms with van der Waals surface area (Å²) < 4.78 is 16.4. The summed E-state index contributed by atoms with van der Waals surface area (Å²) >= 11 is 0. The molecule has 8 heteroatoms. The standard InChI is InChI=1S/C26H34O8/c1-12-6-16(32-5)23(31)25(3)14(12)8-18-26(4)17(9-20(29)34-18)24(2,10-15(27)21(25)26)22(30)13-7-19(28)33-11-13/h6,12-15,17-18,21,27H,7-11H2,1-5H3/t12-,13-,14+,15-,17+,18-,21?,24-,25+,26-/m1/s1.